The maximum Gasteiger partial charge on any atom is 0.198 e. The lowest BCUT2D eigenvalue weighted by Gasteiger charge is -2.10. The number of ether oxygens (including phenoxy) is 1. The third-order valence-electron chi connectivity index (χ3n) is 3.75. The van der Waals surface area contributed by atoms with E-state index in [4.69, 9.17) is 16.3 Å². The number of aryl methyl sites for hydroxylation is 3. The lowest BCUT2D eigenvalue weighted by atomic mass is 10.1. The molecule has 0 spiro atoms. The summed E-state index contributed by atoms with van der Waals surface area (Å²) < 4.78 is 7.66. The summed E-state index contributed by atoms with van der Waals surface area (Å²) in [6.07, 6.45) is 4.52. The fraction of sp³-hybridized carbons (Fsp3) is 0.615. The van der Waals surface area contributed by atoms with Crippen molar-refractivity contribution in [3.63, 3.8) is 0 Å². The Bertz CT molecular complexity index is 604. The van der Waals surface area contributed by atoms with Gasteiger partial charge in [-0.15, -0.1) is 10.2 Å². The summed E-state index contributed by atoms with van der Waals surface area (Å²) in [5.74, 6) is 0.940. The van der Waals surface area contributed by atoms with Crippen LogP contribution in [0.5, 0.6) is 0 Å². The van der Waals surface area contributed by atoms with E-state index >= 15 is 0 Å². The number of aromatic nitrogens is 4. The zero-order chi connectivity index (χ0) is 13.4. The van der Waals surface area contributed by atoms with Crippen LogP contribution in [0.4, 0.5) is 0 Å². The molecule has 1 fully saturated rings. The molecule has 5 nitrogen and oxygen atoms in total. The molecule has 102 valence electrons. The molecule has 0 saturated carbocycles. The van der Waals surface area contributed by atoms with E-state index in [-0.39, 0.29) is 0 Å². The van der Waals surface area contributed by atoms with Crippen LogP contribution in [0, 0.1) is 13.8 Å². The number of hydrogen-bond acceptors (Lipinski definition) is 4. The van der Waals surface area contributed by atoms with E-state index in [2.05, 4.69) is 15.2 Å². The molecule has 1 saturated heterocycles. The molecular formula is C13H17ClN4O. The third-order valence-corrected chi connectivity index (χ3v) is 4.01. The standard InChI is InChI=1S/C13H17ClN4O/c1-8-9(2)18-11(6-5-10-4-3-7-19-10)16-17-13(18)12(14)15-8/h10H,3-7H2,1-2H3. The van der Waals surface area contributed by atoms with Gasteiger partial charge in [0.15, 0.2) is 10.8 Å². The molecular weight excluding hydrogens is 264 g/mol. The van der Waals surface area contributed by atoms with Crippen LogP contribution in [0.1, 0.15) is 36.5 Å². The summed E-state index contributed by atoms with van der Waals surface area (Å²) in [6.45, 7) is 4.86. The van der Waals surface area contributed by atoms with Gasteiger partial charge in [-0.3, -0.25) is 4.40 Å². The highest BCUT2D eigenvalue weighted by atomic mass is 35.5. The van der Waals surface area contributed by atoms with Gasteiger partial charge in [-0.1, -0.05) is 11.6 Å². The molecule has 2 aromatic rings. The molecule has 0 aromatic carbocycles. The Labute approximate surface area is 117 Å². The molecule has 6 heteroatoms. The zero-order valence-electron chi connectivity index (χ0n) is 11.2. The van der Waals surface area contributed by atoms with Crippen molar-refractivity contribution < 1.29 is 4.74 Å². The zero-order valence-corrected chi connectivity index (χ0v) is 11.9. The van der Waals surface area contributed by atoms with Gasteiger partial charge in [0.1, 0.15) is 5.82 Å². The Morgan fingerprint density at radius 3 is 2.95 bits per heavy atom. The third kappa shape index (κ3) is 2.32. The molecule has 0 radical (unpaired) electrons. The predicted molar refractivity (Wildman–Crippen MR) is 72.6 cm³/mol. The average Bonchev–Trinajstić information content (AvgIpc) is 3.03. The average molecular weight is 281 g/mol. The van der Waals surface area contributed by atoms with Gasteiger partial charge in [-0.05, 0) is 33.1 Å². The topological polar surface area (TPSA) is 52.3 Å². The monoisotopic (exact) mass is 280 g/mol. The highest BCUT2D eigenvalue weighted by Gasteiger charge is 2.18. The van der Waals surface area contributed by atoms with Crippen molar-refractivity contribution in [3.8, 4) is 0 Å². The van der Waals surface area contributed by atoms with Crippen LogP contribution in [-0.4, -0.2) is 32.3 Å². The first-order valence-electron chi connectivity index (χ1n) is 6.65. The number of rotatable bonds is 3. The van der Waals surface area contributed by atoms with Crippen LogP contribution >= 0.6 is 11.6 Å². The number of nitrogens with zero attached hydrogens (tertiary/aromatic N) is 4. The highest BCUT2D eigenvalue weighted by molar-refractivity contribution is 6.32. The Morgan fingerprint density at radius 1 is 1.37 bits per heavy atom. The largest absolute Gasteiger partial charge is 0.378 e. The molecule has 1 aliphatic heterocycles. The highest BCUT2D eigenvalue weighted by Crippen LogP contribution is 2.21. The van der Waals surface area contributed by atoms with Crippen molar-refractivity contribution >= 4 is 17.2 Å². The van der Waals surface area contributed by atoms with Gasteiger partial charge in [0, 0.05) is 18.7 Å². The molecule has 3 heterocycles. The Hall–Kier alpha value is -1.20. The van der Waals surface area contributed by atoms with Crippen molar-refractivity contribution in [2.24, 2.45) is 0 Å². The summed E-state index contributed by atoms with van der Waals surface area (Å²) in [6, 6.07) is 0. The predicted octanol–water partition coefficient (Wildman–Crippen LogP) is 2.51. The minimum absolute atomic E-state index is 0.367. The van der Waals surface area contributed by atoms with Crippen molar-refractivity contribution in [2.45, 2.75) is 45.6 Å². The lowest BCUT2D eigenvalue weighted by Crippen LogP contribution is -2.09. The van der Waals surface area contributed by atoms with Crippen LogP contribution in [0.3, 0.4) is 0 Å². The second-order valence-corrected chi connectivity index (χ2v) is 5.38. The SMILES string of the molecule is Cc1nc(Cl)c2nnc(CCC3CCCO3)n2c1C. The molecule has 0 aliphatic carbocycles. The number of hydrogen-bond donors (Lipinski definition) is 0. The first kappa shape index (κ1) is 12.8. The molecule has 3 rings (SSSR count). The number of fused-ring (bicyclic) bond motifs is 1. The van der Waals surface area contributed by atoms with Gasteiger partial charge >= 0.3 is 0 Å². The van der Waals surface area contributed by atoms with Crippen molar-refractivity contribution in [1.29, 1.82) is 0 Å². The molecule has 19 heavy (non-hydrogen) atoms. The van der Waals surface area contributed by atoms with Crippen molar-refractivity contribution in [2.75, 3.05) is 6.61 Å². The smallest absolute Gasteiger partial charge is 0.198 e. The van der Waals surface area contributed by atoms with E-state index in [1.165, 1.54) is 6.42 Å². The molecule has 0 amide bonds. The normalized spacial score (nSPS) is 19.4. The fourth-order valence-corrected chi connectivity index (χ4v) is 2.82. The van der Waals surface area contributed by atoms with Gasteiger partial charge < -0.3 is 4.74 Å². The summed E-state index contributed by atoms with van der Waals surface area (Å²) in [5, 5.41) is 8.81. The maximum atomic E-state index is 6.12. The quantitative estimate of drug-likeness (QED) is 0.867. The van der Waals surface area contributed by atoms with E-state index in [0.29, 0.717) is 16.9 Å². The molecule has 0 bridgehead atoms. The van der Waals surface area contributed by atoms with Gasteiger partial charge in [0.2, 0.25) is 0 Å². The Balaban J connectivity index is 1.91. The molecule has 0 N–H and O–H groups in total. The second kappa shape index (κ2) is 5.06. The lowest BCUT2D eigenvalue weighted by molar-refractivity contribution is 0.104. The summed E-state index contributed by atoms with van der Waals surface area (Å²) >= 11 is 6.12. The van der Waals surface area contributed by atoms with Gasteiger partial charge in [0.05, 0.1) is 11.8 Å². The van der Waals surface area contributed by atoms with E-state index in [9.17, 15) is 0 Å². The van der Waals surface area contributed by atoms with Gasteiger partial charge in [-0.2, -0.15) is 0 Å². The minimum Gasteiger partial charge on any atom is -0.378 e. The van der Waals surface area contributed by atoms with E-state index < -0.39 is 0 Å². The van der Waals surface area contributed by atoms with Crippen molar-refractivity contribution in [1.82, 2.24) is 19.6 Å². The molecule has 1 atom stereocenters. The molecule has 1 aliphatic rings. The summed E-state index contributed by atoms with van der Waals surface area (Å²) in [5.41, 5.74) is 2.61. The van der Waals surface area contributed by atoms with E-state index in [0.717, 1.165) is 43.1 Å². The van der Waals surface area contributed by atoms with Gasteiger partial charge in [-0.25, -0.2) is 4.98 Å². The van der Waals surface area contributed by atoms with E-state index in [1.54, 1.807) is 0 Å². The van der Waals surface area contributed by atoms with Crippen LogP contribution in [-0.2, 0) is 11.2 Å². The van der Waals surface area contributed by atoms with Crippen LogP contribution in [0.2, 0.25) is 5.15 Å². The summed E-state index contributed by atoms with van der Waals surface area (Å²) in [7, 11) is 0. The van der Waals surface area contributed by atoms with Crippen molar-refractivity contribution in [3.05, 3.63) is 22.4 Å². The fourth-order valence-electron chi connectivity index (χ4n) is 2.57. The first-order valence-corrected chi connectivity index (χ1v) is 7.03. The van der Waals surface area contributed by atoms with Crippen LogP contribution in [0.15, 0.2) is 0 Å². The minimum atomic E-state index is 0.367. The van der Waals surface area contributed by atoms with E-state index in [1.807, 2.05) is 18.2 Å². The first-order chi connectivity index (χ1) is 9.16. The van der Waals surface area contributed by atoms with Crippen LogP contribution < -0.4 is 0 Å². The van der Waals surface area contributed by atoms with Gasteiger partial charge in [0.25, 0.3) is 0 Å². The molecule has 2 aromatic heterocycles. The second-order valence-electron chi connectivity index (χ2n) is 5.02. The van der Waals surface area contributed by atoms with Crippen LogP contribution in [0.25, 0.3) is 5.65 Å². The number of halogens is 1. The Kier molecular flexibility index (Phi) is 3.41. The summed E-state index contributed by atoms with van der Waals surface area (Å²) in [4.78, 5) is 4.27. The molecule has 1 unspecified atom stereocenters. The maximum absolute atomic E-state index is 6.12. The Morgan fingerprint density at radius 2 is 2.21 bits per heavy atom.